The Bertz CT molecular complexity index is 185. The van der Waals surface area contributed by atoms with E-state index in [0.717, 1.165) is 12.8 Å². The van der Waals surface area contributed by atoms with Crippen LogP contribution in [0, 0.1) is 5.92 Å². The Labute approximate surface area is 98.3 Å². The number of carbonyl (C=O) groups is 1. The van der Waals surface area contributed by atoms with Crippen LogP contribution in [0.15, 0.2) is 0 Å². The largest absolute Gasteiger partial charge is 0.464 e. The molecule has 0 rings (SSSR count). The molecule has 0 bridgehead atoms. The molecule has 0 spiro atoms. The molecule has 0 aromatic rings. The first-order valence-corrected chi connectivity index (χ1v) is 6.15. The Balaban J connectivity index is 3.85. The highest BCUT2D eigenvalue weighted by molar-refractivity contribution is 6.33. The van der Waals surface area contributed by atoms with Crippen LogP contribution < -0.4 is 0 Å². The number of ether oxygens (including phenoxy) is 1. The molecule has 1 unspecified atom stereocenters. The second-order valence-corrected chi connectivity index (χ2v) is 5.43. The van der Waals surface area contributed by atoms with E-state index < -0.39 is 4.87 Å². The summed E-state index contributed by atoms with van der Waals surface area (Å²) in [5.74, 6) is 0.159. The average molecular weight is 235 g/mol. The lowest BCUT2D eigenvalue weighted by atomic mass is 10.0. The molecule has 90 valence electrons. The first-order chi connectivity index (χ1) is 6.91. The predicted molar refractivity (Wildman–Crippen MR) is 64.2 cm³/mol. The second kappa shape index (κ2) is 7.10. The van der Waals surface area contributed by atoms with E-state index in [1.807, 2.05) is 0 Å². The van der Waals surface area contributed by atoms with Crippen molar-refractivity contribution in [1.29, 1.82) is 0 Å². The fraction of sp³-hybridized carbons (Fsp3) is 0.917. The Morgan fingerprint density at radius 1 is 1.40 bits per heavy atom. The molecule has 0 aliphatic heterocycles. The molecule has 3 heteroatoms. The Kier molecular flexibility index (Phi) is 6.99. The minimum Gasteiger partial charge on any atom is -0.464 e. The molecule has 0 fully saturated rings. The topological polar surface area (TPSA) is 26.3 Å². The quantitative estimate of drug-likeness (QED) is 0.495. The maximum absolute atomic E-state index is 11.4. The monoisotopic (exact) mass is 234 g/mol. The summed E-state index contributed by atoms with van der Waals surface area (Å²) >= 11 is 5.84. The van der Waals surface area contributed by atoms with E-state index in [4.69, 9.17) is 16.3 Å². The van der Waals surface area contributed by atoms with Gasteiger partial charge in [-0.25, -0.2) is 0 Å². The first kappa shape index (κ1) is 14.8. The Morgan fingerprint density at radius 2 is 2.00 bits per heavy atom. The van der Waals surface area contributed by atoms with Crippen molar-refractivity contribution >= 4 is 17.6 Å². The number of hydrogen-bond acceptors (Lipinski definition) is 2. The third-order valence-electron chi connectivity index (χ3n) is 2.48. The number of rotatable bonds is 7. The van der Waals surface area contributed by atoms with Crippen LogP contribution in [0.5, 0.6) is 0 Å². The van der Waals surface area contributed by atoms with Gasteiger partial charge < -0.3 is 4.74 Å². The summed E-state index contributed by atoms with van der Waals surface area (Å²) in [7, 11) is 0. The smallest absolute Gasteiger partial charge is 0.326 e. The molecule has 2 nitrogen and oxygen atoms in total. The van der Waals surface area contributed by atoms with Crippen molar-refractivity contribution in [3.05, 3.63) is 0 Å². The van der Waals surface area contributed by atoms with E-state index in [0.29, 0.717) is 12.5 Å². The Hall–Kier alpha value is -0.240. The maximum Gasteiger partial charge on any atom is 0.326 e. The lowest BCUT2D eigenvalue weighted by Crippen LogP contribution is -2.29. The summed E-state index contributed by atoms with van der Waals surface area (Å²) in [4.78, 5) is 10.5. The van der Waals surface area contributed by atoms with Gasteiger partial charge in [-0.3, -0.25) is 4.79 Å². The van der Waals surface area contributed by atoms with Gasteiger partial charge in [-0.15, -0.1) is 11.6 Å². The summed E-state index contributed by atoms with van der Waals surface area (Å²) < 4.78 is 5.19. The van der Waals surface area contributed by atoms with Crippen molar-refractivity contribution in [2.75, 3.05) is 6.61 Å². The molecule has 0 saturated carbocycles. The van der Waals surface area contributed by atoms with Crippen LogP contribution in [0.25, 0.3) is 0 Å². The van der Waals surface area contributed by atoms with Gasteiger partial charge in [-0.05, 0) is 26.2 Å². The average Bonchev–Trinajstić information content (AvgIpc) is 2.16. The van der Waals surface area contributed by atoms with Crippen LogP contribution in [0.2, 0.25) is 0 Å². The van der Waals surface area contributed by atoms with Crippen LogP contribution >= 0.6 is 11.6 Å². The van der Waals surface area contributed by atoms with Crippen molar-refractivity contribution in [3.63, 3.8) is 0 Å². The van der Waals surface area contributed by atoms with Crippen LogP contribution in [-0.4, -0.2) is 17.5 Å². The van der Waals surface area contributed by atoms with Crippen molar-refractivity contribution in [2.24, 2.45) is 5.92 Å². The zero-order valence-corrected chi connectivity index (χ0v) is 11.1. The maximum atomic E-state index is 11.4. The molecule has 0 radical (unpaired) electrons. The number of carbonyl (C=O) groups excluding carboxylic acids is 1. The molecule has 1 atom stereocenters. The van der Waals surface area contributed by atoms with Crippen LogP contribution in [-0.2, 0) is 9.53 Å². The zero-order chi connectivity index (χ0) is 11.9. The second-order valence-electron chi connectivity index (χ2n) is 4.49. The van der Waals surface area contributed by atoms with Gasteiger partial charge in [0.2, 0.25) is 0 Å². The third-order valence-corrected chi connectivity index (χ3v) is 2.63. The molecular weight excluding hydrogens is 212 g/mol. The number of alkyl halides is 1. The highest BCUT2D eigenvalue weighted by atomic mass is 35.5. The van der Waals surface area contributed by atoms with Gasteiger partial charge in [-0.1, -0.05) is 33.1 Å². The standard InChI is InChI=1S/C12H23ClO2/c1-5-7-8-10(6-2)9-15-11(14)12(3,4)13/h10H,5-9H2,1-4H3. The van der Waals surface area contributed by atoms with Crippen LogP contribution in [0.3, 0.4) is 0 Å². The number of halogens is 1. The van der Waals surface area contributed by atoms with E-state index in [9.17, 15) is 4.79 Å². The summed E-state index contributed by atoms with van der Waals surface area (Å²) in [6, 6.07) is 0. The molecule has 0 amide bonds. The molecule has 0 heterocycles. The van der Waals surface area contributed by atoms with E-state index in [1.54, 1.807) is 13.8 Å². The van der Waals surface area contributed by atoms with Gasteiger partial charge >= 0.3 is 5.97 Å². The first-order valence-electron chi connectivity index (χ1n) is 5.77. The number of unbranched alkanes of at least 4 members (excludes halogenated alkanes) is 1. The fourth-order valence-electron chi connectivity index (χ4n) is 1.26. The SMILES string of the molecule is CCCCC(CC)COC(=O)C(C)(C)Cl. The minimum atomic E-state index is -0.900. The van der Waals surface area contributed by atoms with Gasteiger partial charge in [0.05, 0.1) is 6.61 Å². The summed E-state index contributed by atoms with van der Waals surface area (Å²) in [6.07, 6.45) is 4.56. The third kappa shape index (κ3) is 6.77. The van der Waals surface area contributed by atoms with Gasteiger partial charge in [-0.2, -0.15) is 0 Å². The van der Waals surface area contributed by atoms with Crippen molar-refractivity contribution < 1.29 is 9.53 Å². The molecule has 15 heavy (non-hydrogen) atoms. The predicted octanol–water partition coefficient (Wildman–Crippen LogP) is 3.76. The van der Waals surface area contributed by atoms with E-state index in [-0.39, 0.29) is 5.97 Å². The zero-order valence-electron chi connectivity index (χ0n) is 10.3. The molecule has 0 aromatic carbocycles. The van der Waals surface area contributed by atoms with Crippen LogP contribution in [0.1, 0.15) is 53.4 Å². The Morgan fingerprint density at radius 3 is 2.40 bits per heavy atom. The molecule has 0 aliphatic carbocycles. The summed E-state index contributed by atoms with van der Waals surface area (Å²) in [5, 5.41) is 0. The van der Waals surface area contributed by atoms with Gasteiger partial charge in [0.25, 0.3) is 0 Å². The highest BCUT2D eigenvalue weighted by Gasteiger charge is 2.26. The molecule has 0 aromatic heterocycles. The minimum absolute atomic E-state index is 0.320. The normalized spacial score (nSPS) is 13.7. The highest BCUT2D eigenvalue weighted by Crippen LogP contribution is 2.17. The van der Waals surface area contributed by atoms with E-state index >= 15 is 0 Å². The van der Waals surface area contributed by atoms with Crippen molar-refractivity contribution in [1.82, 2.24) is 0 Å². The molecule has 0 N–H and O–H groups in total. The van der Waals surface area contributed by atoms with Gasteiger partial charge in [0.15, 0.2) is 0 Å². The van der Waals surface area contributed by atoms with Gasteiger partial charge in [0.1, 0.15) is 4.87 Å². The van der Waals surface area contributed by atoms with Gasteiger partial charge in [0, 0.05) is 0 Å². The number of esters is 1. The van der Waals surface area contributed by atoms with Crippen molar-refractivity contribution in [2.45, 2.75) is 58.3 Å². The molecule has 0 saturated heterocycles. The lowest BCUT2D eigenvalue weighted by Gasteiger charge is -2.18. The number of hydrogen-bond donors (Lipinski definition) is 0. The summed E-state index contributed by atoms with van der Waals surface area (Å²) in [5.41, 5.74) is 0. The van der Waals surface area contributed by atoms with E-state index in [2.05, 4.69) is 13.8 Å². The lowest BCUT2D eigenvalue weighted by molar-refractivity contribution is -0.147. The molecular formula is C12H23ClO2. The van der Waals surface area contributed by atoms with E-state index in [1.165, 1.54) is 12.8 Å². The fourth-order valence-corrected chi connectivity index (χ4v) is 1.32. The summed E-state index contributed by atoms with van der Waals surface area (Å²) in [6.45, 7) is 8.11. The van der Waals surface area contributed by atoms with Crippen LogP contribution in [0.4, 0.5) is 0 Å². The van der Waals surface area contributed by atoms with Crippen molar-refractivity contribution in [3.8, 4) is 0 Å². The molecule has 0 aliphatic rings.